The lowest BCUT2D eigenvalue weighted by Gasteiger charge is -2.06. The Kier molecular flexibility index (Phi) is 6.27. The third kappa shape index (κ3) is 5.16. The van der Waals surface area contributed by atoms with E-state index in [4.69, 9.17) is 0 Å². The van der Waals surface area contributed by atoms with E-state index in [2.05, 4.69) is 58.6 Å². The molecule has 1 aromatic heterocycles. The quantitative estimate of drug-likeness (QED) is 0.604. The molecular formula is C19H26N4. The monoisotopic (exact) mass is 310 g/mol. The second-order valence-electron chi connectivity index (χ2n) is 5.83. The van der Waals surface area contributed by atoms with Crippen LogP contribution in [0.15, 0.2) is 35.4 Å². The number of anilines is 1. The molecule has 1 aromatic carbocycles. The van der Waals surface area contributed by atoms with Crippen molar-refractivity contribution in [1.82, 2.24) is 9.97 Å². The number of benzene rings is 1. The van der Waals surface area contributed by atoms with Crippen LogP contribution in [-0.2, 0) is 12.8 Å². The van der Waals surface area contributed by atoms with E-state index in [0.717, 1.165) is 41.9 Å². The summed E-state index contributed by atoms with van der Waals surface area (Å²) < 4.78 is 0. The fraction of sp³-hybridized carbons (Fsp3) is 0.421. The lowest BCUT2D eigenvalue weighted by atomic mass is 10.1. The van der Waals surface area contributed by atoms with Gasteiger partial charge in [0.05, 0.1) is 5.71 Å². The first-order valence-corrected chi connectivity index (χ1v) is 8.36. The Morgan fingerprint density at radius 2 is 1.74 bits per heavy atom. The van der Waals surface area contributed by atoms with Gasteiger partial charge in [-0.25, -0.2) is 15.4 Å². The minimum absolute atomic E-state index is 0.565. The lowest BCUT2D eigenvalue weighted by Crippen LogP contribution is -2.05. The van der Waals surface area contributed by atoms with Crippen molar-refractivity contribution >= 4 is 11.7 Å². The molecule has 0 bridgehead atoms. The van der Waals surface area contributed by atoms with Gasteiger partial charge in [-0.3, -0.25) is 0 Å². The number of aryl methyl sites for hydroxylation is 3. The molecule has 0 radical (unpaired) electrons. The molecule has 0 aliphatic rings. The summed E-state index contributed by atoms with van der Waals surface area (Å²) in [6.07, 6.45) is 4.31. The van der Waals surface area contributed by atoms with Gasteiger partial charge in [-0.15, -0.1) is 0 Å². The summed E-state index contributed by atoms with van der Waals surface area (Å²) in [5.41, 5.74) is 8.40. The molecule has 2 aromatic rings. The van der Waals surface area contributed by atoms with Crippen LogP contribution < -0.4 is 5.43 Å². The first-order chi connectivity index (χ1) is 11.1. The predicted octanol–water partition coefficient (Wildman–Crippen LogP) is 4.53. The van der Waals surface area contributed by atoms with E-state index in [1.807, 2.05) is 19.9 Å². The molecule has 1 heterocycles. The molecule has 0 spiro atoms. The fourth-order valence-corrected chi connectivity index (χ4v) is 2.47. The lowest BCUT2D eigenvalue weighted by molar-refractivity contribution is 0.866. The highest BCUT2D eigenvalue weighted by molar-refractivity contribution is 5.99. The first kappa shape index (κ1) is 17.1. The van der Waals surface area contributed by atoms with Crippen molar-refractivity contribution in [3.05, 3.63) is 52.8 Å². The highest BCUT2D eigenvalue weighted by Gasteiger charge is 2.02. The van der Waals surface area contributed by atoms with Crippen molar-refractivity contribution in [3.63, 3.8) is 0 Å². The van der Waals surface area contributed by atoms with Crippen LogP contribution in [0.25, 0.3) is 0 Å². The summed E-state index contributed by atoms with van der Waals surface area (Å²) >= 11 is 0. The summed E-state index contributed by atoms with van der Waals surface area (Å²) in [7, 11) is 0. The van der Waals surface area contributed by atoms with Crippen molar-refractivity contribution < 1.29 is 0 Å². The van der Waals surface area contributed by atoms with Gasteiger partial charge in [-0.2, -0.15) is 5.10 Å². The standard InChI is InChI=1S/C19H26N4/c1-5-7-16-9-11-17(12-10-16)15(4)22-23-19-20-14(3)13-18(21-19)8-6-2/h9-13H,5-8H2,1-4H3,(H,20,21,23). The van der Waals surface area contributed by atoms with Crippen LogP contribution >= 0.6 is 0 Å². The zero-order valence-corrected chi connectivity index (χ0v) is 14.6. The fourth-order valence-electron chi connectivity index (χ4n) is 2.47. The summed E-state index contributed by atoms with van der Waals surface area (Å²) in [5.74, 6) is 0.565. The van der Waals surface area contributed by atoms with Crippen molar-refractivity contribution in [1.29, 1.82) is 0 Å². The van der Waals surface area contributed by atoms with Crippen LogP contribution in [0.3, 0.4) is 0 Å². The topological polar surface area (TPSA) is 50.2 Å². The second-order valence-corrected chi connectivity index (χ2v) is 5.83. The van der Waals surface area contributed by atoms with Crippen LogP contribution in [0.5, 0.6) is 0 Å². The van der Waals surface area contributed by atoms with Crippen molar-refractivity contribution in [2.24, 2.45) is 5.10 Å². The molecule has 4 heteroatoms. The van der Waals surface area contributed by atoms with Crippen molar-refractivity contribution in [2.45, 2.75) is 53.4 Å². The third-order valence-electron chi connectivity index (χ3n) is 3.65. The van der Waals surface area contributed by atoms with Gasteiger partial charge in [0.1, 0.15) is 0 Å². The molecular weight excluding hydrogens is 284 g/mol. The molecule has 0 saturated carbocycles. The third-order valence-corrected chi connectivity index (χ3v) is 3.65. The zero-order chi connectivity index (χ0) is 16.7. The van der Waals surface area contributed by atoms with Crippen LogP contribution in [-0.4, -0.2) is 15.7 Å². The number of aromatic nitrogens is 2. The molecule has 0 unspecified atom stereocenters. The Labute approximate surface area is 139 Å². The summed E-state index contributed by atoms with van der Waals surface area (Å²) in [6.45, 7) is 8.31. The van der Waals surface area contributed by atoms with E-state index in [-0.39, 0.29) is 0 Å². The Morgan fingerprint density at radius 1 is 1.04 bits per heavy atom. The van der Waals surface area contributed by atoms with Crippen LogP contribution in [0, 0.1) is 6.92 Å². The maximum Gasteiger partial charge on any atom is 0.243 e. The van der Waals surface area contributed by atoms with Gasteiger partial charge < -0.3 is 0 Å². The molecule has 0 aliphatic carbocycles. The van der Waals surface area contributed by atoms with Crippen molar-refractivity contribution in [2.75, 3.05) is 5.43 Å². The molecule has 2 rings (SSSR count). The SMILES string of the molecule is CCCc1ccc(C(C)=NNc2nc(C)cc(CCC)n2)cc1. The number of nitrogens with zero attached hydrogens (tertiary/aromatic N) is 3. The average Bonchev–Trinajstić information content (AvgIpc) is 2.53. The minimum Gasteiger partial charge on any atom is -0.245 e. The normalized spacial score (nSPS) is 11.6. The summed E-state index contributed by atoms with van der Waals surface area (Å²) in [4.78, 5) is 8.89. The molecule has 0 atom stereocenters. The highest BCUT2D eigenvalue weighted by Crippen LogP contribution is 2.10. The van der Waals surface area contributed by atoms with Gasteiger partial charge in [-0.05, 0) is 43.9 Å². The van der Waals surface area contributed by atoms with E-state index in [1.54, 1.807) is 0 Å². The van der Waals surface area contributed by atoms with Gasteiger partial charge in [-0.1, -0.05) is 51.0 Å². The molecule has 4 nitrogen and oxygen atoms in total. The van der Waals surface area contributed by atoms with Gasteiger partial charge in [0.2, 0.25) is 5.95 Å². The Bertz CT molecular complexity index is 660. The van der Waals surface area contributed by atoms with Crippen LogP contribution in [0.1, 0.15) is 56.1 Å². The summed E-state index contributed by atoms with van der Waals surface area (Å²) in [6, 6.07) is 10.6. The highest BCUT2D eigenvalue weighted by atomic mass is 15.4. The number of hydrogen-bond donors (Lipinski definition) is 1. The van der Waals surface area contributed by atoms with Crippen LogP contribution in [0.2, 0.25) is 0 Å². The van der Waals surface area contributed by atoms with Crippen LogP contribution in [0.4, 0.5) is 5.95 Å². The largest absolute Gasteiger partial charge is 0.245 e. The molecule has 0 saturated heterocycles. The number of hydrazone groups is 1. The first-order valence-electron chi connectivity index (χ1n) is 8.36. The maximum absolute atomic E-state index is 4.50. The number of rotatable bonds is 7. The van der Waals surface area contributed by atoms with E-state index >= 15 is 0 Å². The van der Waals surface area contributed by atoms with Crippen molar-refractivity contribution in [3.8, 4) is 0 Å². The second kappa shape index (κ2) is 8.42. The molecule has 0 aliphatic heterocycles. The molecule has 0 fully saturated rings. The molecule has 122 valence electrons. The number of hydrogen-bond acceptors (Lipinski definition) is 4. The maximum atomic E-state index is 4.50. The van der Waals surface area contributed by atoms with Gasteiger partial charge >= 0.3 is 0 Å². The molecule has 23 heavy (non-hydrogen) atoms. The van der Waals surface area contributed by atoms with E-state index < -0.39 is 0 Å². The minimum atomic E-state index is 0.565. The smallest absolute Gasteiger partial charge is 0.243 e. The van der Waals surface area contributed by atoms with Gasteiger partial charge in [0.25, 0.3) is 0 Å². The number of nitrogens with one attached hydrogen (secondary N) is 1. The Balaban J connectivity index is 2.09. The van der Waals surface area contributed by atoms with Gasteiger partial charge in [0.15, 0.2) is 0 Å². The zero-order valence-electron chi connectivity index (χ0n) is 14.6. The Morgan fingerprint density at radius 3 is 2.39 bits per heavy atom. The average molecular weight is 310 g/mol. The predicted molar refractivity (Wildman–Crippen MR) is 97.0 cm³/mol. The Hall–Kier alpha value is -2.23. The van der Waals surface area contributed by atoms with E-state index in [9.17, 15) is 0 Å². The van der Waals surface area contributed by atoms with E-state index in [1.165, 1.54) is 12.0 Å². The molecule has 1 N–H and O–H groups in total. The summed E-state index contributed by atoms with van der Waals surface area (Å²) in [5, 5.41) is 4.42. The van der Waals surface area contributed by atoms with Gasteiger partial charge in [0, 0.05) is 11.4 Å². The van der Waals surface area contributed by atoms with E-state index in [0.29, 0.717) is 5.95 Å². The molecule has 0 amide bonds.